The van der Waals surface area contributed by atoms with Gasteiger partial charge in [0.15, 0.2) is 5.11 Å². The molecule has 9 heteroatoms. The largest absolute Gasteiger partial charge is 1.00 e. The maximum absolute atomic E-state index is 11.1. The molecule has 0 bridgehead atoms. The quantitative estimate of drug-likeness (QED) is 0.228. The molecule has 0 radical (unpaired) electrons. The van der Waals surface area contributed by atoms with Crippen molar-refractivity contribution in [3.8, 4) is 0 Å². The summed E-state index contributed by atoms with van der Waals surface area (Å²) >= 11 is 5.14. The molecule has 0 spiro atoms. The average Bonchev–Trinajstić information content (AvgIpc) is 2.48. The zero-order chi connectivity index (χ0) is 16.0. The Labute approximate surface area is 164 Å². The maximum atomic E-state index is 11.1. The Hall–Kier alpha value is -0.510. The molecule has 2 rings (SSSR count). The van der Waals surface area contributed by atoms with Crippen LogP contribution in [0.2, 0.25) is 0 Å². The molecule has 1 aliphatic rings. The first-order valence-electron chi connectivity index (χ1n) is 7.11. The fraction of sp³-hybridized carbons (Fsp3) is 0.429. The summed E-state index contributed by atoms with van der Waals surface area (Å²) in [5.74, 6) is 0. The summed E-state index contributed by atoms with van der Waals surface area (Å²) in [7, 11) is -4.52. The summed E-state index contributed by atoms with van der Waals surface area (Å²) in [6.45, 7) is 0. The van der Waals surface area contributed by atoms with Crippen LogP contribution < -0.4 is 40.3 Å². The molecule has 1 aromatic carbocycles. The SMILES string of the molecule is O=S(=O)([O-])c1ccccc1/C=N/NC(=S)NC1CCCCC1.[Na+]. The molecule has 0 aliphatic heterocycles. The van der Waals surface area contributed by atoms with Gasteiger partial charge in [0, 0.05) is 11.6 Å². The average molecular weight is 363 g/mol. The van der Waals surface area contributed by atoms with Gasteiger partial charge >= 0.3 is 29.6 Å². The number of hydrazone groups is 1. The van der Waals surface area contributed by atoms with E-state index in [1.807, 2.05) is 0 Å². The molecule has 1 aliphatic carbocycles. The number of thiocarbonyl (C=S) groups is 1. The van der Waals surface area contributed by atoms with Crippen LogP contribution >= 0.6 is 12.2 Å². The van der Waals surface area contributed by atoms with Crippen LogP contribution in [0.15, 0.2) is 34.3 Å². The first-order chi connectivity index (χ1) is 10.5. The van der Waals surface area contributed by atoms with Crippen molar-refractivity contribution in [1.82, 2.24) is 10.7 Å². The first-order valence-corrected chi connectivity index (χ1v) is 8.93. The van der Waals surface area contributed by atoms with Crippen LogP contribution in [0.5, 0.6) is 0 Å². The van der Waals surface area contributed by atoms with Crippen molar-refractivity contribution in [2.24, 2.45) is 5.10 Å². The van der Waals surface area contributed by atoms with Gasteiger partial charge in [-0.2, -0.15) is 5.10 Å². The first kappa shape index (κ1) is 20.5. The van der Waals surface area contributed by atoms with Gasteiger partial charge in [0.2, 0.25) is 0 Å². The van der Waals surface area contributed by atoms with E-state index in [1.54, 1.807) is 6.07 Å². The molecule has 1 saturated carbocycles. The molecule has 0 unspecified atom stereocenters. The van der Waals surface area contributed by atoms with Crippen molar-refractivity contribution in [2.75, 3.05) is 0 Å². The summed E-state index contributed by atoms with van der Waals surface area (Å²) < 4.78 is 33.4. The fourth-order valence-corrected chi connectivity index (χ4v) is 3.31. The smallest absolute Gasteiger partial charge is 0.744 e. The molecule has 120 valence electrons. The van der Waals surface area contributed by atoms with Crippen molar-refractivity contribution >= 4 is 33.7 Å². The van der Waals surface area contributed by atoms with Crippen molar-refractivity contribution in [1.29, 1.82) is 0 Å². The number of rotatable bonds is 4. The third kappa shape index (κ3) is 6.86. The Balaban J connectivity index is 0.00000264. The van der Waals surface area contributed by atoms with Gasteiger partial charge in [-0.1, -0.05) is 37.5 Å². The van der Waals surface area contributed by atoms with Crippen LogP contribution in [0.4, 0.5) is 0 Å². The van der Waals surface area contributed by atoms with Crippen LogP contribution in [0.1, 0.15) is 37.7 Å². The van der Waals surface area contributed by atoms with E-state index in [9.17, 15) is 13.0 Å². The molecule has 0 aromatic heterocycles. The van der Waals surface area contributed by atoms with Gasteiger partial charge in [-0.05, 0) is 31.1 Å². The summed E-state index contributed by atoms with van der Waals surface area (Å²) in [4.78, 5) is -0.299. The van der Waals surface area contributed by atoms with E-state index < -0.39 is 10.1 Å². The predicted molar refractivity (Wildman–Crippen MR) is 87.7 cm³/mol. The zero-order valence-electron chi connectivity index (χ0n) is 13.0. The molecular formula is C14H18N3NaO3S2. The van der Waals surface area contributed by atoms with E-state index in [4.69, 9.17) is 12.2 Å². The standard InChI is InChI=1S/C14H19N3O3S2.Na/c18-22(19,20)13-9-5-4-6-11(13)10-15-17-14(21)16-12-7-2-1-3-8-12;/h4-6,9-10,12H,1-3,7-8H2,(H2,16,17,21)(H,18,19,20);/q;+1/p-1/b15-10+;. The van der Waals surface area contributed by atoms with Gasteiger partial charge in [-0.25, -0.2) is 8.42 Å². The molecule has 6 nitrogen and oxygen atoms in total. The Kier molecular flexibility index (Phi) is 8.66. The molecular weight excluding hydrogens is 345 g/mol. The number of hydrogen-bond acceptors (Lipinski definition) is 5. The molecule has 23 heavy (non-hydrogen) atoms. The summed E-state index contributed by atoms with van der Waals surface area (Å²) in [6, 6.07) is 6.24. The van der Waals surface area contributed by atoms with Gasteiger partial charge in [-0.15, -0.1) is 0 Å². The second-order valence-electron chi connectivity index (χ2n) is 5.17. The van der Waals surface area contributed by atoms with Crippen molar-refractivity contribution in [2.45, 2.75) is 43.0 Å². The number of hydrogen-bond donors (Lipinski definition) is 2. The Morgan fingerprint density at radius 3 is 2.57 bits per heavy atom. The van der Waals surface area contributed by atoms with Crippen LogP contribution in [-0.2, 0) is 10.1 Å². The van der Waals surface area contributed by atoms with Crippen LogP contribution in [0.25, 0.3) is 0 Å². The van der Waals surface area contributed by atoms with Gasteiger partial charge in [0.1, 0.15) is 10.1 Å². The van der Waals surface area contributed by atoms with E-state index >= 15 is 0 Å². The van der Waals surface area contributed by atoms with E-state index in [2.05, 4.69) is 15.8 Å². The monoisotopic (exact) mass is 363 g/mol. The normalized spacial score (nSPS) is 15.9. The fourth-order valence-electron chi connectivity index (χ4n) is 2.44. The Morgan fingerprint density at radius 1 is 1.26 bits per heavy atom. The van der Waals surface area contributed by atoms with E-state index in [-0.39, 0.29) is 40.0 Å². The van der Waals surface area contributed by atoms with Gasteiger partial charge in [0.25, 0.3) is 0 Å². The second-order valence-corrected chi connectivity index (χ2v) is 6.93. The molecule has 0 saturated heterocycles. The summed E-state index contributed by atoms with van der Waals surface area (Å²) in [6.07, 6.45) is 7.10. The van der Waals surface area contributed by atoms with Crippen LogP contribution in [0, 0.1) is 0 Å². The van der Waals surface area contributed by atoms with E-state index in [1.165, 1.54) is 43.7 Å². The second kappa shape index (κ2) is 9.71. The predicted octanol–water partition coefficient (Wildman–Crippen LogP) is -1.27. The van der Waals surface area contributed by atoms with Crippen LogP contribution in [0.3, 0.4) is 0 Å². The summed E-state index contributed by atoms with van der Waals surface area (Å²) in [5, 5.41) is 7.47. The third-order valence-electron chi connectivity index (χ3n) is 3.50. The minimum absolute atomic E-state index is 0. The topological polar surface area (TPSA) is 93.6 Å². The van der Waals surface area contributed by atoms with E-state index in [0.717, 1.165) is 12.8 Å². The minimum Gasteiger partial charge on any atom is -0.744 e. The zero-order valence-corrected chi connectivity index (χ0v) is 16.6. The van der Waals surface area contributed by atoms with Crippen LogP contribution in [-0.4, -0.2) is 30.3 Å². The third-order valence-corrected chi connectivity index (χ3v) is 4.62. The molecule has 1 aromatic rings. The maximum Gasteiger partial charge on any atom is 1.00 e. The van der Waals surface area contributed by atoms with Gasteiger partial charge in [-0.3, -0.25) is 5.43 Å². The minimum atomic E-state index is -4.52. The van der Waals surface area contributed by atoms with Gasteiger partial charge < -0.3 is 9.87 Å². The molecule has 0 heterocycles. The van der Waals surface area contributed by atoms with Crippen molar-refractivity contribution in [3.05, 3.63) is 29.8 Å². The summed E-state index contributed by atoms with van der Waals surface area (Å²) in [5.41, 5.74) is 2.88. The van der Waals surface area contributed by atoms with E-state index in [0.29, 0.717) is 11.2 Å². The Bertz CT molecular complexity index is 659. The number of nitrogens with one attached hydrogen (secondary N) is 2. The molecule has 2 N–H and O–H groups in total. The number of nitrogens with zero attached hydrogens (tertiary/aromatic N) is 1. The van der Waals surface area contributed by atoms with Crippen molar-refractivity contribution in [3.63, 3.8) is 0 Å². The van der Waals surface area contributed by atoms with Gasteiger partial charge in [0.05, 0.1) is 11.1 Å². The molecule has 0 atom stereocenters. The number of benzene rings is 1. The molecule has 1 fully saturated rings. The molecule has 0 amide bonds. The van der Waals surface area contributed by atoms with Crippen molar-refractivity contribution < 1.29 is 42.5 Å². The Morgan fingerprint density at radius 2 is 1.91 bits per heavy atom.